The first-order valence-electron chi connectivity index (χ1n) is 8.96. The van der Waals surface area contributed by atoms with Gasteiger partial charge in [-0.2, -0.15) is 0 Å². The van der Waals surface area contributed by atoms with Crippen LogP contribution in [0.3, 0.4) is 0 Å². The Labute approximate surface area is 155 Å². The highest BCUT2D eigenvalue weighted by molar-refractivity contribution is 5.96. The number of fused-ring (bicyclic) bond motifs is 2. The van der Waals surface area contributed by atoms with Crippen LogP contribution < -0.4 is 10.9 Å². The Kier molecular flexibility index (Phi) is 4.02. The summed E-state index contributed by atoms with van der Waals surface area (Å²) in [6.45, 7) is 1.76. The van der Waals surface area contributed by atoms with E-state index < -0.39 is 23.7 Å². The molecule has 140 valence electrons. The van der Waals surface area contributed by atoms with E-state index in [0.29, 0.717) is 17.8 Å². The number of rotatable bonds is 4. The molecule has 1 aromatic carbocycles. The summed E-state index contributed by atoms with van der Waals surface area (Å²) in [6.07, 6.45) is 4.49. The molecule has 2 bridgehead atoms. The highest BCUT2D eigenvalue weighted by Gasteiger charge is 2.51. The lowest BCUT2D eigenvalue weighted by atomic mass is 9.82. The molecule has 2 aromatic rings. The Bertz CT molecular complexity index is 1000. The van der Waals surface area contributed by atoms with Crippen LogP contribution in [0.2, 0.25) is 0 Å². The smallest absolute Gasteiger partial charge is 0.307 e. The number of carboxylic acids is 1. The van der Waals surface area contributed by atoms with E-state index in [0.717, 1.165) is 0 Å². The van der Waals surface area contributed by atoms with Crippen molar-refractivity contribution in [3.05, 3.63) is 58.5 Å². The molecular formula is C20H21N3O4. The van der Waals surface area contributed by atoms with E-state index in [-0.39, 0.29) is 23.1 Å². The minimum Gasteiger partial charge on any atom is -0.481 e. The van der Waals surface area contributed by atoms with Gasteiger partial charge in [0.15, 0.2) is 0 Å². The molecular weight excluding hydrogens is 346 g/mol. The van der Waals surface area contributed by atoms with E-state index in [1.54, 1.807) is 18.7 Å². The van der Waals surface area contributed by atoms with E-state index in [4.69, 9.17) is 0 Å². The molecule has 4 atom stereocenters. The molecule has 27 heavy (non-hydrogen) atoms. The molecule has 2 aliphatic rings. The number of amides is 1. The van der Waals surface area contributed by atoms with Crippen molar-refractivity contribution < 1.29 is 14.7 Å². The number of hydrogen-bond donors (Lipinski definition) is 2. The van der Waals surface area contributed by atoms with Gasteiger partial charge in [0.25, 0.3) is 5.56 Å². The number of benzene rings is 1. The van der Waals surface area contributed by atoms with Crippen LogP contribution in [-0.4, -0.2) is 26.3 Å². The van der Waals surface area contributed by atoms with Crippen LogP contribution >= 0.6 is 0 Å². The number of aliphatic carboxylic acids is 1. The van der Waals surface area contributed by atoms with Gasteiger partial charge >= 0.3 is 5.97 Å². The van der Waals surface area contributed by atoms with Crippen molar-refractivity contribution in [3.8, 4) is 5.69 Å². The maximum absolute atomic E-state index is 12.9. The molecule has 7 heteroatoms. The number of aromatic nitrogens is 2. The van der Waals surface area contributed by atoms with Crippen LogP contribution in [0.15, 0.2) is 47.3 Å². The fourth-order valence-electron chi connectivity index (χ4n) is 4.44. The molecule has 0 unspecified atom stereocenters. The molecule has 1 amide bonds. The second-order valence-corrected chi connectivity index (χ2v) is 7.26. The van der Waals surface area contributed by atoms with Gasteiger partial charge in [-0.05, 0) is 37.3 Å². The van der Waals surface area contributed by atoms with E-state index in [1.807, 2.05) is 42.5 Å². The lowest BCUT2D eigenvalue weighted by molar-refractivity contribution is -0.146. The maximum atomic E-state index is 12.9. The average molecular weight is 367 g/mol. The number of carboxylic acid groups (broad SMARTS) is 1. The topological polar surface area (TPSA) is 93.3 Å². The summed E-state index contributed by atoms with van der Waals surface area (Å²) in [5.74, 6) is -2.94. The largest absolute Gasteiger partial charge is 0.481 e. The van der Waals surface area contributed by atoms with Gasteiger partial charge in [0, 0.05) is 7.05 Å². The lowest BCUT2D eigenvalue weighted by Crippen LogP contribution is -2.37. The molecule has 0 spiro atoms. The average Bonchev–Trinajstić information content (AvgIpc) is 3.32. The Morgan fingerprint density at radius 1 is 1.11 bits per heavy atom. The van der Waals surface area contributed by atoms with Crippen molar-refractivity contribution in [2.75, 3.05) is 5.32 Å². The van der Waals surface area contributed by atoms with E-state index in [9.17, 15) is 19.5 Å². The Balaban J connectivity index is 1.68. The highest BCUT2D eigenvalue weighted by Crippen LogP contribution is 2.48. The van der Waals surface area contributed by atoms with Gasteiger partial charge in [-0.1, -0.05) is 30.4 Å². The van der Waals surface area contributed by atoms with Gasteiger partial charge in [0.2, 0.25) is 5.91 Å². The molecule has 7 nitrogen and oxygen atoms in total. The molecule has 2 aliphatic carbocycles. The van der Waals surface area contributed by atoms with Crippen LogP contribution in [0.25, 0.3) is 5.69 Å². The van der Waals surface area contributed by atoms with Gasteiger partial charge in [0.05, 0.1) is 23.2 Å². The van der Waals surface area contributed by atoms with E-state index in [1.165, 1.54) is 4.68 Å². The molecule has 0 aliphatic heterocycles. The summed E-state index contributed by atoms with van der Waals surface area (Å²) in [7, 11) is 1.75. The first kappa shape index (κ1) is 17.3. The zero-order valence-corrected chi connectivity index (χ0v) is 15.1. The standard InChI is InChI=1S/C20H21N3O4/c1-11-17(19(25)23(22(11)2)14-6-4-3-5-7-14)21-18(24)15-12-8-9-13(10-12)16(15)20(26)27/h3-9,12-13,15-16H,10H2,1-2H3,(H,21,24)(H,26,27)/t12-,13-,15-,16+/m0/s1. The third kappa shape index (κ3) is 2.61. The number of carbonyl (C=O) groups excluding carboxylic acids is 1. The van der Waals surface area contributed by atoms with Crippen molar-refractivity contribution >= 4 is 17.6 Å². The summed E-state index contributed by atoms with van der Waals surface area (Å²) in [5, 5.41) is 12.3. The lowest BCUT2D eigenvalue weighted by Gasteiger charge is -2.23. The molecule has 2 N–H and O–H groups in total. The van der Waals surface area contributed by atoms with Crippen LogP contribution in [0.4, 0.5) is 5.69 Å². The number of carbonyl (C=O) groups is 2. The summed E-state index contributed by atoms with van der Waals surface area (Å²) in [4.78, 5) is 37.5. The van der Waals surface area contributed by atoms with E-state index in [2.05, 4.69) is 5.32 Å². The molecule has 0 radical (unpaired) electrons. The molecule has 1 fully saturated rings. The number of para-hydroxylation sites is 1. The summed E-state index contributed by atoms with van der Waals surface area (Å²) in [5.41, 5.74) is 1.17. The first-order chi connectivity index (χ1) is 12.9. The van der Waals surface area contributed by atoms with Gasteiger partial charge in [-0.15, -0.1) is 0 Å². The maximum Gasteiger partial charge on any atom is 0.307 e. The number of anilines is 1. The van der Waals surface area contributed by atoms with Crippen molar-refractivity contribution in [2.45, 2.75) is 13.3 Å². The predicted octanol–water partition coefficient (Wildman–Crippen LogP) is 1.95. The van der Waals surface area contributed by atoms with Crippen LogP contribution in [-0.2, 0) is 16.6 Å². The molecule has 1 aromatic heterocycles. The second kappa shape index (κ2) is 6.26. The quantitative estimate of drug-likeness (QED) is 0.808. The van der Waals surface area contributed by atoms with Crippen molar-refractivity contribution in [1.82, 2.24) is 9.36 Å². The van der Waals surface area contributed by atoms with Crippen LogP contribution in [0.5, 0.6) is 0 Å². The summed E-state index contributed by atoms with van der Waals surface area (Å²) < 4.78 is 3.17. The van der Waals surface area contributed by atoms with Crippen molar-refractivity contribution in [2.24, 2.45) is 30.7 Å². The third-order valence-electron chi connectivity index (χ3n) is 5.85. The fraction of sp³-hybridized carbons (Fsp3) is 0.350. The van der Waals surface area contributed by atoms with Gasteiger partial charge < -0.3 is 10.4 Å². The predicted molar refractivity (Wildman–Crippen MR) is 99.7 cm³/mol. The molecule has 1 saturated carbocycles. The van der Waals surface area contributed by atoms with Gasteiger partial charge in [0.1, 0.15) is 5.69 Å². The normalized spacial score (nSPS) is 25.7. The third-order valence-corrected chi connectivity index (χ3v) is 5.85. The Hall–Kier alpha value is -3.09. The number of nitrogens with one attached hydrogen (secondary N) is 1. The van der Waals surface area contributed by atoms with Crippen molar-refractivity contribution in [3.63, 3.8) is 0 Å². The Morgan fingerprint density at radius 3 is 2.37 bits per heavy atom. The number of nitrogens with zero attached hydrogens (tertiary/aromatic N) is 2. The summed E-state index contributed by atoms with van der Waals surface area (Å²) >= 11 is 0. The monoisotopic (exact) mass is 367 g/mol. The van der Waals surface area contributed by atoms with Crippen molar-refractivity contribution in [1.29, 1.82) is 0 Å². The highest BCUT2D eigenvalue weighted by atomic mass is 16.4. The Morgan fingerprint density at radius 2 is 1.74 bits per heavy atom. The molecule has 4 rings (SSSR count). The molecule has 0 saturated heterocycles. The van der Waals surface area contributed by atoms with Gasteiger partial charge in [-0.3, -0.25) is 19.1 Å². The zero-order chi connectivity index (χ0) is 19.3. The van der Waals surface area contributed by atoms with E-state index >= 15 is 0 Å². The second-order valence-electron chi connectivity index (χ2n) is 7.26. The minimum atomic E-state index is -0.960. The zero-order valence-electron chi connectivity index (χ0n) is 15.1. The number of allylic oxidation sites excluding steroid dienone is 2. The molecule has 1 heterocycles. The number of hydrogen-bond acceptors (Lipinski definition) is 3. The van der Waals surface area contributed by atoms with Crippen LogP contribution in [0.1, 0.15) is 12.1 Å². The fourth-order valence-corrected chi connectivity index (χ4v) is 4.44. The minimum absolute atomic E-state index is 0.0866. The van der Waals surface area contributed by atoms with Gasteiger partial charge in [-0.25, -0.2) is 4.68 Å². The summed E-state index contributed by atoms with van der Waals surface area (Å²) in [6, 6.07) is 9.16. The van der Waals surface area contributed by atoms with Crippen LogP contribution in [0, 0.1) is 30.6 Å². The first-order valence-corrected chi connectivity index (χ1v) is 8.96. The SMILES string of the molecule is Cc1c(NC(=O)[C@@H]2[C@H](C(=O)O)[C@H]3C=C[C@H]2C3)c(=O)n(-c2ccccc2)n1C.